The van der Waals surface area contributed by atoms with E-state index in [9.17, 15) is 0 Å². The van der Waals surface area contributed by atoms with Crippen LogP contribution in [0.3, 0.4) is 0 Å². The lowest BCUT2D eigenvalue weighted by Gasteiger charge is -2.18. The zero-order valence-corrected chi connectivity index (χ0v) is 9.85. The topological polar surface area (TPSA) is 38.3 Å². The molecule has 0 atom stereocenters. The normalized spacial score (nSPS) is 15.4. The molecule has 0 saturated carbocycles. The van der Waals surface area contributed by atoms with Crippen molar-refractivity contribution in [2.24, 2.45) is 0 Å². The van der Waals surface area contributed by atoms with Gasteiger partial charge in [-0.25, -0.2) is 9.97 Å². The highest BCUT2D eigenvalue weighted by Crippen LogP contribution is 2.25. The van der Waals surface area contributed by atoms with Gasteiger partial charge in [0.25, 0.3) is 5.88 Å². The van der Waals surface area contributed by atoms with E-state index >= 15 is 0 Å². The van der Waals surface area contributed by atoms with Crippen molar-refractivity contribution in [3.8, 4) is 5.88 Å². The summed E-state index contributed by atoms with van der Waals surface area (Å²) in [5, 5.41) is 0. The number of hydrogen-bond acceptors (Lipinski definition) is 4. The Labute approximate surface area is 96.7 Å². The molecule has 0 N–H and O–H groups in total. The van der Waals surface area contributed by atoms with Crippen molar-refractivity contribution in [3.05, 3.63) is 12.4 Å². The summed E-state index contributed by atoms with van der Waals surface area (Å²) in [5.41, 5.74) is 0. The van der Waals surface area contributed by atoms with E-state index in [2.05, 4.69) is 21.8 Å². The average Bonchev–Trinajstić information content (AvgIpc) is 2.83. The molecule has 0 spiro atoms. The van der Waals surface area contributed by atoms with Crippen LogP contribution in [0.2, 0.25) is 0 Å². The molecule has 1 aromatic rings. The SMILES string of the molecule is CCCCOc1nccnc1N1CCCC1. The summed E-state index contributed by atoms with van der Waals surface area (Å²) in [6, 6.07) is 0. The second-order valence-electron chi connectivity index (χ2n) is 4.08. The fraction of sp³-hybridized carbons (Fsp3) is 0.667. The number of hydrogen-bond donors (Lipinski definition) is 0. The van der Waals surface area contributed by atoms with Gasteiger partial charge in [0.2, 0.25) is 0 Å². The largest absolute Gasteiger partial charge is 0.475 e. The van der Waals surface area contributed by atoms with Crippen LogP contribution in [0.4, 0.5) is 5.82 Å². The molecule has 4 heteroatoms. The Kier molecular flexibility index (Phi) is 3.97. The van der Waals surface area contributed by atoms with E-state index < -0.39 is 0 Å². The maximum absolute atomic E-state index is 5.67. The average molecular weight is 221 g/mol. The van der Waals surface area contributed by atoms with E-state index in [4.69, 9.17) is 4.74 Å². The van der Waals surface area contributed by atoms with Crippen LogP contribution in [0, 0.1) is 0 Å². The second kappa shape index (κ2) is 5.68. The number of rotatable bonds is 5. The molecule has 2 rings (SSSR count). The van der Waals surface area contributed by atoms with Crippen molar-refractivity contribution < 1.29 is 4.74 Å². The number of anilines is 1. The second-order valence-corrected chi connectivity index (χ2v) is 4.08. The molecule has 2 heterocycles. The van der Waals surface area contributed by atoms with Crippen LogP contribution in [-0.2, 0) is 0 Å². The Morgan fingerprint density at radius 1 is 1.25 bits per heavy atom. The fourth-order valence-corrected chi connectivity index (χ4v) is 1.88. The molecule has 1 fully saturated rings. The first-order valence-electron chi connectivity index (χ1n) is 6.10. The standard InChI is InChI=1S/C12H19N3O/c1-2-3-10-16-12-11(13-6-7-14-12)15-8-4-5-9-15/h6-7H,2-5,8-10H2,1H3. The predicted octanol–water partition coefficient (Wildman–Crippen LogP) is 2.26. The van der Waals surface area contributed by atoms with Crippen molar-refractivity contribution in [2.45, 2.75) is 32.6 Å². The van der Waals surface area contributed by atoms with Gasteiger partial charge in [0, 0.05) is 25.5 Å². The van der Waals surface area contributed by atoms with Crippen LogP contribution in [0.1, 0.15) is 32.6 Å². The monoisotopic (exact) mass is 221 g/mol. The van der Waals surface area contributed by atoms with Gasteiger partial charge in [-0.05, 0) is 19.3 Å². The summed E-state index contributed by atoms with van der Waals surface area (Å²) in [4.78, 5) is 10.9. The Bertz CT molecular complexity index is 324. The van der Waals surface area contributed by atoms with Crippen LogP contribution >= 0.6 is 0 Å². The lowest BCUT2D eigenvalue weighted by molar-refractivity contribution is 0.297. The molecule has 16 heavy (non-hydrogen) atoms. The lowest BCUT2D eigenvalue weighted by atomic mass is 10.4. The van der Waals surface area contributed by atoms with Gasteiger partial charge in [0.15, 0.2) is 5.82 Å². The summed E-state index contributed by atoms with van der Waals surface area (Å²) in [5.74, 6) is 1.61. The van der Waals surface area contributed by atoms with E-state index in [-0.39, 0.29) is 0 Å². The van der Waals surface area contributed by atoms with Gasteiger partial charge in [0.1, 0.15) is 0 Å². The molecular formula is C12H19N3O. The van der Waals surface area contributed by atoms with Crippen molar-refractivity contribution >= 4 is 5.82 Å². The van der Waals surface area contributed by atoms with Gasteiger partial charge in [0.05, 0.1) is 6.61 Å². The molecule has 0 unspecified atom stereocenters. The van der Waals surface area contributed by atoms with Crippen LogP contribution in [0.5, 0.6) is 5.88 Å². The van der Waals surface area contributed by atoms with Crippen LogP contribution < -0.4 is 9.64 Å². The molecule has 1 saturated heterocycles. The Morgan fingerprint density at radius 3 is 2.75 bits per heavy atom. The Balaban J connectivity index is 2.04. The van der Waals surface area contributed by atoms with Crippen molar-refractivity contribution in [1.82, 2.24) is 9.97 Å². The number of aromatic nitrogens is 2. The van der Waals surface area contributed by atoms with Gasteiger partial charge < -0.3 is 9.64 Å². The third-order valence-electron chi connectivity index (χ3n) is 2.79. The molecular weight excluding hydrogens is 202 g/mol. The van der Waals surface area contributed by atoms with Crippen molar-refractivity contribution in [1.29, 1.82) is 0 Å². The third kappa shape index (κ3) is 2.62. The molecule has 0 bridgehead atoms. The van der Waals surface area contributed by atoms with Gasteiger partial charge in [-0.2, -0.15) is 0 Å². The molecule has 0 amide bonds. The van der Waals surface area contributed by atoms with Gasteiger partial charge in [-0.15, -0.1) is 0 Å². The summed E-state index contributed by atoms with van der Waals surface area (Å²) in [6.07, 6.45) is 8.12. The Hall–Kier alpha value is -1.32. The van der Waals surface area contributed by atoms with E-state index in [1.165, 1.54) is 12.8 Å². The van der Waals surface area contributed by atoms with E-state index in [0.717, 1.165) is 38.4 Å². The molecule has 0 aliphatic carbocycles. The van der Waals surface area contributed by atoms with E-state index in [0.29, 0.717) is 5.88 Å². The molecule has 1 aliphatic heterocycles. The first kappa shape index (κ1) is 11.2. The number of nitrogens with zero attached hydrogens (tertiary/aromatic N) is 3. The molecule has 0 aromatic carbocycles. The third-order valence-corrected chi connectivity index (χ3v) is 2.79. The molecule has 88 valence electrons. The van der Waals surface area contributed by atoms with Gasteiger partial charge in [-0.3, -0.25) is 0 Å². The van der Waals surface area contributed by atoms with Crippen LogP contribution in [-0.4, -0.2) is 29.7 Å². The fourth-order valence-electron chi connectivity index (χ4n) is 1.88. The van der Waals surface area contributed by atoms with E-state index in [1.54, 1.807) is 12.4 Å². The quantitative estimate of drug-likeness (QED) is 0.715. The zero-order chi connectivity index (χ0) is 11.2. The first-order chi connectivity index (χ1) is 7.92. The minimum atomic E-state index is 0.692. The highest BCUT2D eigenvalue weighted by atomic mass is 16.5. The number of ether oxygens (including phenoxy) is 1. The summed E-state index contributed by atoms with van der Waals surface area (Å²) >= 11 is 0. The molecule has 1 aromatic heterocycles. The first-order valence-corrected chi connectivity index (χ1v) is 6.10. The number of unbranched alkanes of at least 4 members (excludes halogenated alkanes) is 1. The predicted molar refractivity (Wildman–Crippen MR) is 63.9 cm³/mol. The lowest BCUT2D eigenvalue weighted by Crippen LogP contribution is -2.20. The zero-order valence-electron chi connectivity index (χ0n) is 9.85. The summed E-state index contributed by atoms with van der Waals surface area (Å²) in [7, 11) is 0. The molecule has 4 nitrogen and oxygen atoms in total. The van der Waals surface area contributed by atoms with Gasteiger partial charge >= 0.3 is 0 Å². The summed E-state index contributed by atoms with van der Waals surface area (Å²) in [6.45, 7) is 5.03. The maximum atomic E-state index is 5.67. The smallest absolute Gasteiger partial charge is 0.257 e. The Morgan fingerprint density at radius 2 is 2.00 bits per heavy atom. The van der Waals surface area contributed by atoms with E-state index in [1.807, 2.05) is 0 Å². The minimum Gasteiger partial charge on any atom is -0.475 e. The molecule has 0 radical (unpaired) electrons. The highest BCUT2D eigenvalue weighted by Gasteiger charge is 2.18. The van der Waals surface area contributed by atoms with Gasteiger partial charge in [-0.1, -0.05) is 13.3 Å². The van der Waals surface area contributed by atoms with Crippen molar-refractivity contribution in [3.63, 3.8) is 0 Å². The van der Waals surface area contributed by atoms with Crippen LogP contribution in [0.15, 0.2) is 12.4 Å². The maximum Gasteiger partial charge on any atom is 0.257 e. The minimum absolute atomic E-state index is 0.692. The molecule has 1 aliphatic rings. The van der Waals surface area contributed by atoms with Crippen LogP contribution in [0.25, 0.3) is 0 Å². The van der Waals surface area contributed by atoms with Crippen molar-refractivity contribution in [2.75, 3.05) is 24.6 Å². The highest BCUT2D eigenvalue weighted by molar-refractivity contribution is 5.48. The summed E-state index contributed by atoms with van der Waals surface area (Å²) < 4.78 is 5.67.